The van der Waals surface area contributed by atoms with Crippen LogP contribution >= 0.6 is 23.4 Å². The quantitative estimate of drug-likeness (QED) is 0.519. The molecule has 0 saturated carbocycles. The van der Waals surface area contributed by atoms with Crippen molar-refractivity contribution in [3.63, 3.8) is 0 Å². The summed E-state index contributed by atoms with van der Waals surface area (Å²) in [5.41, 5.74) is 3.56. The van der Waals surface area contributed by atoms with Gasteiger partial charge in [-0.1, -0.05) is 41.6 Å². The summed E-state index contributed by atoms with van der Waals surface area (Å²) in [5.74, 6) is 0.256. The predicted molar refractivity (Wildman–Crippen MR) is 127 cm³/mol. The molecule has 0 atom stereocenters. The zero-order chi connectivity index (χ0) is 22.5. The Hall–Kier alpha value is -2.77. The van der Waals surface area contributed by atoms with Crippen molar-refractivity contribution in [2.75, 3.05) is 18.8 Å². The van der Waals surface area contributed by atoms with Crippen LogP contribution in [-0.4, -0.2) is 45.1 Å². The third-order valence-corrected chi connectivity index (χ3v) is 6.90. The third kappa shape index (κ3) is 5.16. The van der Waals surface area contributed by atoms with E-state index in [1.54, 1.807) is 6.20 Å². The van der Waals surface area contributed by atoms with Crippen LogP contribution < -0.4 is 5.32 Å². The van der Waals surface area contributed by atoms with E-state index < -0.39 is 0 Å². The fraction of sp³-hybridized carbons (Fsp3) is 0.292. The molecule has 4 rings (SSSR count). The van der Waals surface area contributed by atoms with Crippen LogP contribution in [0.25, 0.3) is 5.69 Å². The maximum Gasteiger partial charge on any atom is 0.253 e. The number of imidazole rings is 1. The lowest BCUT2D eigenvalue weighted by atomic mass is 10.1. The van der Waals surface area contributed by atoms with Gasteiger partial charge in [0, 0.05) is 42.6 Å². The fourth-order valence-corrected chi connectivity index (χ4v) is 4.65. The molecule has 1 saturated heterocycles. The molecule has 1 fully saturated rings. The normalized spacial score (nSPS) is 13.4. The van der Waals surface area contributed by atoms with E-state index in [1.165, 1.54) is 11.8 Å². The largest absolute Gasteiger partial charge is 0.351 e. The number of hydrogen-bond acceptors (Lipinski definition) is 4. The van der Waals surface area contributed by atoms with Crippen LogP contribution in [0.15, 0.2) is 60.0 Å². The summed E-state index contributed by atoms with van der Waals surface area (Å²) < 4.78 is 1.94. The summed E-state index contributed by atoms with van der Waals surface area (Å²) in [6.07, 6.45) is 5.73. The Morgan fingerprint density at radius 2 is 1.88 bits per heavy atom. The van der Waals surface area contributed by atoms with Gasteiger partial charge in [-0.25, -0.2) is 4.98 Å². The minimum Gasteiger partial charge on any atom is -0.351 e. The monoisotopic (exact) mass is 468 g/mol. The zero-order valence-electron chi connectivity index (χ0n) is 17.9. The molecule has 0 aliphatic carbocycles. The molecule has 166 valence electrons. The van der Waals surface area contributed by atoms with Crippen molar-refractivity contribution in [3.8, 4) is 5.69 Å². The van der Waals surface area contributed by atoms with E-state index in [4.69, 9.17) is 11.6 Å². The number of halogens is 1. The number of rotatable bonds is 7. The van der Waals surface area contributed by atoms with E-state index in [1.807, 2.05) is 65.1 Å². The molecule has 2 aromatic carbocycles. The summed E-state index contributed by atoms with van der Waals surface area (Å²) in [5, 5.41) is 4.36. The van der Waals surface area contributed by atoms with Gasteiger partial charge in [0.2, 0.25) is 5.91 Å². The number of benzene rings is 2. The predicted octanol–water partition coefficient (Wildman–Crippen LogP) is 4.48. The second kappa shape index (κ2) is 10.2. The topological polar surface area (TPSA) is 67.2 Å². The van der Waals surface area contributed by atoms with Crippen LogP contribution in [0, 0.1) is 6.92 Å². The van der Waals surface area contributed by atoms with Crippen molar-refractivity contribution in [2.24, 2.45) is 0 Å². The summed E-state index contributed by atoms with van der Waals surface area (Å²) in [6.45, 7) is 4.05. The van der Waals surface area contributed by atoms with Gasteiger partial charge >= 0.3 is 0 Å². The highest BCUT2D eigenvalue weighted by molar-refractivity contribution is 7.99. The number of nitrogens with one attached hydrogen (secondary N) is 1. The number of thioether (sulfide) groups is 1. The molecule has 1 aliphatic rings. The average molecular weight is 469 g/mol. The first kappa shape index (κ1) is 22.4. The number of amides is 2. The van der Waals surface area contributed by atoms with E-state index in [9.17, 15) is 9.59 Å². The lowest BCUT2D eigenvalue weighted by molar-refractivity contribution is -0.118. The van der Waals surface area contributed by atoms with Crippen molar-refractivity contribution in [2.45, 2.75) is 31.5 Å². The molecule has 1 aliphatic heterocycles. The molecule has 0 bridgehead atoms. The minimum absolute atomic E-state index is 0.0791. The lowest BCUT2D eigenvalue weighted by Crippen LogP contribution is -2.27. The molecule has 0 unspecified atom stereocenters. The summed E-state index contributed by atoms with van der Waals surface area (Å²) in [4.78, 5) is 31.1. The highest BCUT2D eigenvalue weighted by Gasteiger charge is 2.19. The standard InChI is InChI=1S/C24H25ClN4O2S/c1-17-20(25)5-4-6-21(17)29-14-11-26-24(29)32-16-22(30)27-15-18-7-9-19(10-8-18)23(31)28-12-2-3-13-28/h4-11,14H,2-3,12-13,15-16H2,1H3,(H,27,30). The molecular formula is C24H25ClN4O2S. The number of carbonyl (C=O) groups excluding carboxylic acids is 2. The second-order valence-corrected chi connectivity index (χ2v) is 9.08. The van der Waals surface area contributed by atoms with Crippen molar-refractivity contribution < 1.29 is 9.59 Å². The summed E-state index contributed by atoms with van der Waals surface area (Å²) in [7, 11) is 0. The van der Waals surface area contributed by atoms with Gasteiger partial charge in [0.15, 0.2) is 5.16 Å². The Bertz CT molecular complexity index is 1110. The van der Waals surface area contributed by atoms with Gasteiger partial charge in [0.05, 0.1) is 11.4 Å². The van der Waals surface area contributed by atoms with Crippen molar-refractivity contribution in [3.05, 3.63) is 76.6 Å². The molecule has 6 nitrogen and oxygen atoms in total. The first-order chi connectivity index (χ1) is 15.5. The van der Waals surface area contributed by atoms with Gasteiger partial charge in [-0.15, -0.1) is 0 Å². The van der Waals surface area contributed by atoms with Gasteiger partial charge in [-0.3, -0.25) is 14.2 Å². The van der Waals surface area contributed by atoms with Gasteiger partial charge in [-0.05, 0) is 55.2 Å². The number of carbonyl (C=O) groups is 2. The van der Waals surface area contributed by atoms with E-state index >= 15 is 0 Å². The molecule has 3 aromatic rings. The smallest absolute Gasteiger partial charge is 0.253 e. The molecule has 0 spiro atoms. The Morgan fingerprint density at radius 1 is 1.12 bits per heavy atom. The van der Waals surface area contributed by atoms with Crippen molar-refractivity contribution in [1.82, 2.24) is 19.8 Å². The molecule has 2 heterocycles. The fourth-order valence-electron chi connectivity index (χ4n) is 3.69. The molecule has 8 heteroatoms. The zero-order valence-corrected chi connectivity index (χ0v) is 19.5. The molecular weight excluding hydrogens is 444 g/mol. The highest BCUT2D eigenvalue weighted by Crippen LogP contribution is 2.26. The number of hydrogen-bond donors (Lipinski definition) is 1. The van der Waals surface area contributed by atoms with E-state index in [2.05, 4.69) is 10.3 Å². The van der Waals surface area contributed by atoms with Crippen molar-refractivity contribution >= 4 is 35.2 Å². The van der Waals surface area contributed by atoms with Crippen molar-refractivity contribution in [1.29, 1.82) is 0 Å². The third-order valence-electron chi connectivity index (χ3n) is 5.52. The lowest BCUT2D eigenvalue weighted by Gasteiger charge is -2.15. The first-order valence-corrected chi connectivity index (χ1v) is 12.0. The SMILES string of the molecule is Cc1c(Cl)cccc1-n1ccnc1SCC(=O)NCc1ccc(C(=O)N2CCCC2)cc1. The Morgan fingerprint density at radius 3 is 2.62 bits per heavy atom. The number of likely N-dealkylation sites (tertiary alicyclic amines) is 1. The van der Waals surface area contributed by atoms with Crippen LogP contribution in [0.4, 0.5) is 0 Å². The summed E-state index contributed by atoms with van der Waals surface area (Å²) in [6, 6.07) is 13.2. The van der Waals surface area contributed by atoms with Crippen LogP contribution in [0.2, 0.25) is 5.02 Å². The Labute approximate surface area is 197 Å². The van der Waals surface area contributed by atoms with E-state index in [-0.39, 0.29) is 17.6 Å². The highest BCUT2D eigenvalue weighted by atomic mass is 35.5. The number of nitrogens with zero attached hydrogens (tertiary/aromatic N) is 3. The van der Waals surface area contributed by atoms with E-state index in [0.29, 0.717) is 17.1 Å². The minimum atomic E-state index is -0.0791. The van der Waals surface area contributed by atoms with Crippen LogP contribution in [-0.2, 0) is 11.3 Å². The van der Waals surface area contributed by atoms with Gasteiger partial charge in [0.1, 0.15) is 0 Å². The number of aromatic nitrogens is 2. The Kier molecular flexibility index (Phi) is 7.17. The van der Waals surface area contributed by atoms with Crippen LogP contribution in [0.5, 0.6) is 0 Å². The average Bonchev–Trinajstić information content (AvgIpc) is 3.50. The molecule has 1 aromatic heterocycles. The maximum absolute atomic E-state index is 12.4. The van der Waals surface area contributed by atoms with Gasteiger partial charge < -0.3 is 10.2 Å². The van der Waals surface area contributed by atoms with Gasteiger partial charge in [-0.2, -0.15) is 0 Å². The Balaban J connectivity index is 1.29. The van der Waals surface area contributed by atoms with Crippen LogP contribution in [0.3, 0.4) is 0 Å². The molecule has 2 amide bonds. The summed E-state index contributed by atoms with van der Waals surface area (Å²) >= 11 is 7.62. The van der Waals surface area contributed by atoms with Crippen LogP contribution in [0.1, 0.15) is 34.3 Å². The van der Waals surface area contributed by atoms with E-state index in [0.717, 1.165) is 47.9 Å². The molecule has 0 radical (unpaired) electrons. The first-order valence-electron chi connectivity index (χ1n) is 10.6. The molecule has 32 heavy (non-hydrogen) atoms. The van der Waals surface area contributed by atoms with Gasteiger partial charge in [0.25, 0.3) is 5.91 Å². The second-order valence-electron chi connectivity index (χ2n) is 7.73. The maximum atomic E-state index is 12.4. The molecule has 1 N–H and O–H groups in total.